The molecule has 1 N–H and O–H groups in total. The van der Waals surface area contributed by atoms with Gasteiger partial charge in [0.15, 0.2) is 0 Å². The number of carbonyl (C=O) groups excluding carboxylic acids is 1. The normalized spacial score (nSPS) is 10.1. The zero-order valence-electron chi connectivity index (χ0n) is 15.7. The van der Waals surface area contributed by atoms with Gasteiger partial charge in [0.05, 0.1) is 12.6 Å². The van der Waals surface area contributed by atoms with E-state index in [9.17, 15) is 4.79 Å². The molecule has 5 nitrogen and oxygen atoms in total. The molecule has 0 radical (unpaired) electrons. The summed E-state index contributed by atoms with van der Waals surface area (Å²) in [5, 5.41) is 3.78. The molecule has 0 aliphatic carbocycles. The number of ether oxygens (including phenoxy) is 1. The van der Waals surface area contributed by atoms with Crippen LogP contribution in [0.15, 0.2) is 79.0 Å². The standard InChI is InChI=1S/C24H17N3O2/c1-29-21-11-13-22-18(16-21)9-12-23(27-22)24(28)26-20-7-4-5-17(15-20)8-10-19-6-2-3-14-25-19/h2-7,9,11-16H,1H3,(H,26,28). The highest BCUT2D eigenvalue weighted by molar-refractivity contribution is 6.04. The molecule has 5 heteroatoms. The van der Waals surface area contributed by atoms with Crippen LogP contribution < -0.4 is 10.1 Å². The fourth-order valence-corrected chi connectivity index (χ4v) is 2.80. The van der Waals surface area contributed by atoms with Crippen LogP contribution >= 0.6 is 0 Å². The lowest BCUT2D eigenvalue weighted by atomic mass is 10.1. The Hall–Kier alpha value is -4.17. The lowest BCUT2D eigenvalue weighted by Gasteiger charge is -2.07. The van der Waals surface area contributed by atoms with Crippen molar-refractivity contribution >= 4 is 22.5 Å². The number of pyridine rings is 2. The summed E-state index contributed by atoms with van der Waals surface area (Å²) in [5.41, 5.74) is 3.20. The summed E-state index contributed by atoms with van der Waals surface area (Å²) in [6.07, 6.45) is 1.70. The fraction of sp³-hybridized carbons (Fsp3) is 0.0417. The highest BCUT2D eigenvalue weighted by Crippen LogP contribution is 2.20. The Kier molecular flexibility index (Phi) is 5.17. The molecule has 0 aliphatic rings. The lowest BCUT2D eigenvalue weighted by molar-refractivity contribution is 0.102. The predicted octanol–water partition coefficient (Wildman–Crippen LogP) is 4.29. The second-order valence-electron chi connectivity index (χ2n) is 6.26. The van der Waals surface area contributed by atoms with E-state index in [0.717, 1.165) is 22.2 Å². The average Bonchev–Trinajstić information content (AvgIpc) is 2.78. The van der Waals surface area contributed by atoms with Crippen molar-refractivity contribution in [3.05, 3.63) is 95.9 Å². The van der Waals surface area contributed by atoms with Crippen LogP contribution in [-0.4, -0.2) is 23.0 Å². The molecule has 2 heterocycles. The van der Waals surface area contributed by atoms with Crippen molar-refractivity contribution in [1.82, 2.24) is 9.97 Å². The van der Waals surface area contributed by atoms with E-state index in [4.69, 9.17) is 4.74 Å². The Balaban J connectivity index is 1.52. The summed E-state index contributed by atoms with van der Waals surface area (Å²) in [6, 6.07) is 22.0. The molecular weight excluding hydrogens is 362 g/mol. The van der Waals surface area contributed by atoms with E-state index in [-0.39, 0.29) is 5.91 Å². The molecule has 0 fully saturated rings. The number of carbonyl (C=O) groups is 1. The first-order chi connectivity index (χ1) is 14.2. The molecule has 0 bridgehead atoms. The van der Waals surface area contributed by atoms with Crippen molar-refractivity contribution in [3.8, 4) is 17.6 Å². The Morgan fingerprint density at radius 2 is 1.90 bits per heavy atom. The third-order valence-corrected chi connectivity index (χ3v) is 4.25. The Morgan fingerprint density at radius 3 is 2.72 bits per heavy atom. The Labute approximate surface area is 168 Å². The van der Waals surface area contributed by atoms with Crippen molar-refractivity contribution < 1.29 is 9.53 Å². The molecule has 4 rings (SSSR count). The van der Waals surface area contributed by atoms with Crippen molar-refractivity contribution in [1.29, 1.82) is 0 Å². The number of aromatic nitrogens is 2. The molecule has 0 saturated carbocycles. The van der Waals surface area contributed by atoms with Crippen LogP contribution in [0.1, 0.15) is 21.7 Å². The molecule has 0 atom stereocenters. The maximum absolute atomic E-state index is 12.6. The van der Waals surface area contributed by atoms with Crippen LogP contribution in [0.5, 0.6) is 5.75 Å². The SMILES string of the molecule is COc1ccc2nc(C(=O)Nc3cccc(C#Cc4ccccn4)c3)ccc2c1. The second kappa shape index (κ2) is 8.24. The van der Waals surface area contributed by atoms with E-state index >= 15 is 0 Å². The van der Waals surface area contributed by atoms with Gasteiger partial charge in [-0.2, -0.15) is 0 Å². The Bertz CT molecular complexity index is 1240. The summed E-state index contributed by atoms with van der Waals surface area (Å²) >= 11 is 0. The van der Waals surface area contributed by atoms with Gasteiger partial charge in [-0.25, -0.2) is 9.97 Å². The number of benzene rings is 2. The summed E-state index contributed by atoms with van der Waals surface area (Å²) in [7, 11) is 1.62. The van der Waals surface area contributed by atoms with Gasteiger partial charge < -0.3 is 10.1 Å². The molecule has 2 aromatic carbocycles. The predicted molar refractivity (Wildman–Crippen MR) is 113 cm³/mol. The first-order valence-corrected chi connectivity index (χ1v) is 9.00. The van der Waals surface area contributed by atoms with Crippen molar-refractivity contribution in [2.24, 2.45) is 0 Å². The second-order valence-corrected chi connectivity index (χ2v) is 6.26. The van der Waals surface area contributed by atoms with Crippen LogP contribution in [0.25, 0.3) is 10.9 Å². The maximum Gasteiger partial charge on any atom is 0.274 e. The van der Waals surface area contributed by atoms with Gasteiger partial charge in [-0.3, -0.25) is 4.79 Å². The molecule has 4 aromatic rings. The molecule has 0 unspecified atom stereocenters. The molecule has 0 spiro atoms. The van der Waals surface area contributed by atoms with Crippen molar-refractivity contribution in [3.63, 3.8) is 0 Å². The maximum atomic E-state index is 12.6. The van der Waals surface area contributed by atoms with E-state index in [0.29, 0.717) is 17.1 Å². The molecule has 0 saturated heterocycles. The quantitative estimate of drug-likeness (QED) is 0.540. The molecule has 1 amide bonds. The fourth-order valence-electron chi connectivity index (χ4n) is 2.80. The number of nitrogens with one attached hydrogen (secondary N) is 1. The number of hydrogen-bond acceptors (Lipinski definition) is 4. The van der Waals surface area contributed by atoms with Crippen LogP contribution in [0.4, 0.5) is 5.69 Å². The van der Waals surface area contributed by atoms with Gasteiger partial charge in [-0.05, 0) is 60.5 Å². The van der Waals surface area contributed by atoms with E-state index in [1.54, 1.807) is 19.4 Å². The van der Waals surface area contributed by atoms with Gasteiger partial charge in [0.25, 0.3) is 5.91 Å². The highest BCUT2D eigenvalue weighted by Gasteiger charge is 2.09. The summed E-state index contributed by atoms with van der Waals surface area (Å²) in [4.78, 5) is 21.2. The Morgan fingerprint density at radius 1 is 0.966 bits per heavy atom. The third-order valence-electron chi connectivity index (χ3n) is 4.25. The van der Waals surface area contributed by atoms with Gasteiger partial charge in [0.1, 0.15) is 17.1 Å². The minimum atomic E-state index is -0.280. The van der Waals surface area contributed by atoms with Gasteiger partial charge in [0, 0.05) is 22.8 Å². The number of rotatable bonds is 3. The van der Waals surface area contributed by atoms with E-state index < -0.39 is 0 Å². The third kappa shape index (κ3) is 4.40. The minimum Gasteiger partial charge on any atom is -0.497 e. The first kappa shape index (κ1) is 18.2. The number of methoxy groups -OCH3 is 1. The van der Waals surface area contributed by atoms with Crippen LogP contribution in [-0.2, 0) is 0 Å². The number of hydrogen-bond donors (Lipinski definition) is 1. The summed E-state index contributed by atoms with van der Waals surface area (Å²) < 4.78 is 5.22. The number of amides is 1. The molecule has 2 aromatic heterocycles. The van der Waals surface area contributed by atoms with Gasteiger partial charge in [-0.15, -0.1) is 0 Å². The van der Waals surface area contributed by atoms with Crippen molar-refractivity contribution in [2.45, 2.75) is 0 Å². The van der Waals surface area contributed by atoms with Gasteiger partial charge in [-0.1, -0.05) is 24.1 Å². The average molecular weight is 379 g/mol. The van der Waals surface area contributed by atoms with E-state index in [1.807, 2.05) is 66.7 Å². The molecule has 140 valence electrons. The van der Waals surface area contributed by atoms with Gasteiger partial charge in [0.2, 0.25) is 0 Å². The highest BCUT2D eigenvalue weighted by atomic mass is 16.5. The largest absolute Gasteiger partial charge is 0.497 e. The van der Waals surface area contributed by atoms with E-state index in [1.165, 1.54) is 0 Å². The first-order valence-electron chi connectivity index (χ1n) is 9.00. The smallest absolute Gasteiger partial charge is 0.274 e. The minimum absolute atomic E-state index is 0.280. The molecule has 29 heavy (non-hydrogen) atoms. The summed E-state index contributed by atoms with van der Waals surface area (Å²) in [6.45, 7) is 0. The monoisotopic (exact) mass is 379 g/mol. The number of nitrogens with zero attached hydrogens (tertiary/aromatic N) is 2. The molecule has 0 aliphatic heterocycles. The van der Waals surface area contributed by atoms with E-state index in [2.05, 4.69) is 27.1 Å². The topological polar surface area (TPSA) is 64.1 Å². The zero-order valence-corrected chi connectivity index (χ0v) is 15.7. The summed E-state index contributed by atoms with van der Waals surface area (Å²) in [5.74, 6) is 6.53. The lowest BCUT2D eigenvalue weighted by Crippen LogP contribution is -2.13. The van der Waals surface area contributed by atoms with Crippen LogP contribution in [0.2, 0.25) is 0 Å². The van der Waals surface area contributed by atoms with Gasteiger partial charge >= 0.3 is 0 Å². The zero-order chi connectivity index (χ0) is 20.1. The van der Waals surface area contributed by atoms with Crippen LogP contribution in [0.3, 0.4) is 0 Å². The number of fused-ring (bicyclic) bond motifs is 1. The van der Waals surface area contributed by atoms with Crippen molar-refractivity contribution in [2.75, 3.05) is 12.4 Å². The van der Waals surface area contributed by atoms with Crippen LogP contribution in [0, 0.1) is 11.8 Å². The number of anilines is 1. The molecular formula is C24H17N3O2.